The first-order valence-electron chi connectivity index (χ1n) is 3.74. The van der Waals surface area contributed by atoms with Crippen LogP contribution in [0.2, 0.25) is 0 Å². The molecule has 0 N–H and O–H groups in total. The van der Waals surface area contributed by atoms with Crippen molar-refractivity contribution < 1.29 is 4.39 Å². The Morgan fingerprint density at radius 2 is 2.15 bits per heavy atom. The molecule has 0 aliphatic carbocycles. The lowest BCUT2D eigenvalue weighted by Crippen LogP contribution is -1.84. The number of alkyl halides is 1. The minimum atomic E-state index is -0.281. The average Bonchev–Trinajstić information content (AvgIpc) is 2.10. The van der Waals surface area contributed by atoms with Gasteiger partial charge in [0, 0.05) is 16.2 Å². The lowest BCUT2D eigenvalue weighted by Gasteiger charge is -1.96. The van der Waals surface area contributed by atoms with Gasteiger partial charge in [-0.25, -0.2) is 4.39 Å². The molecule has 0 heterocycles. The summed E-state index contributed by atoms with van der Waals surface area (Å²) in [5, 5.41) is 0.812. The van der Waals surface area contributed by atoms with Gasteiger partial charge in [-0.1, -0.05) is 33.8 Å². The van der Waals surface area contributed by atoms with Gasteiger partial charge in [-0.2, -0.15) is 0 Å². The monoisotopic (exact) mass is 304 g/mol. The van der Waals surface area contributed by atoms with E-state index in [0.717, 1.165) is 11.8 Å². The fourth-order valence-electron chi connectivity index (χ4n) is 0.815. The molecular weight excluding hydrogens is 299 g/mol. The van der Waals surface area contributed by atoms with Crippen molar-refractivity contribution in [1.29, 1.82) is 0 Å². The summed E-state index contributed by atoms with van der Waals surface area (Å²) in [6, 6.07) is 4.83. The summed E-state index contributed by atoms with van der Waals surface area (Å²) in [5.74, 6) is 5.37. The molecule has 0 aliphatic heterocycles. The molecule has 0 aliphatic rings. The molecule has 0 saturated heterocycles. The van der Waals surface area contributed by atoms with E-state index in [9.17, 15) is 4.39 Å². The van der Waals surface area contributed by atoms with Crippen molar-refractivity contribution in [3.8, 4) is 11.8 Å². The molecule has 13 heavy (non-hydrogen) atoms. The van der Waals surface area contributed by atoms with Gasteiger partial charge in [0.05, 0.1) is 5.56 Å². The fraction of sp³-hybridized carbons (Fsp3) is 0.200. The molecule has 0 radical (unpaired) electrons. The standard InChI is InChI=1S/C10H7Br2F/c11-7-2-1-4-8-9(12)5-3-6-10(8)13/h3,5-6H,2,7H2. The first-order valence-corrected chi connectivity index (χ1v) is 5.66. The van der Waals surface area contributed by atoms with Crippen LogP contribution in [0.5, 0.6) is 0 Å². The van der Waals surface area contributed by atoms with E-state index in [-0.39, 0.29) is 5.82 Å². The summed E-state index contributed by atoms with van der Waals surface area (Å²) >= 11 is 6.50. The summed E-state index contributed by atoms with van der Waals surface area (Å²) < 4.78 is 13.8. The van der Waals surface area contributed by atoms with E-state index in [1.165, 1.54) is 6.07 Å². The highest BCUT2D eigenvalue weighted by atomic mass is 79.9. The molecule has 0 fully saturated rings. The Labute approximate surface area is 93.8 Å². The predicted molar refractivity (Wildman–Crippen MR) is 59.4 cm³/mol. The van der Waals surface area contributed by atoms with E-state index in [2.05, 4.69) is 43.7 Å². The Hall–Kier alpha value is -0.330. The highest BCUT2D eigenvalue weighted by molar-refractivity contribution is 9.10. The van der Waals surface area contributed by atoms with Gasteiger partial charge in [0.15, 0.2) is 0 Å². The van der Waals surface area contributed by atoms with Gasteiger partial charge < -0.3 is 0 Å². The molecule has 3 heteroatoms. The van der Waals surface area contributed by atoms with Crippen LogP contribution in [0.3, 0.4) is 0 Å². The SMILES string of the molecule is Fc1cccc(Br)c1C#CCCBr. The molecule has 0 unspecified atom stereocenters. The van der Waals surface area contributed by atoms with Gasteiger partial charge >= 0.3 is 0 Å². The number of halogens is 3. The Morgan fingerprint density at radius 1 is 1.38 bits per heavy atom. The van der Waals surface area contributed by atoms with Gasteiger partial charge in [0.2, 0.25) is 0 Å². The second-order valence-corrected chi connectivity index (χ2v) is 3.98. The van der Waals surface area contributed by atoms with Crippen molar-refractivity contribution in [1.82, 2.24) is 0 Å². The highest BCUT2D eigenvalue weighted by Gasteiger charge is 2.01. The van der Waals surface area contributed by atoms with Gasteiger partial charge in [-0.3, -0.25) is 0 Å². The molecule has 68 valence electrons. The largest absolute Gasteiger partial charge is 0.206 e. The Balaban J connectivity index is 2.95. The minimum absolute atomic E-state index is 0.281. The summed E-state index contributed by atoms with van der Waals surface area (Å²) in [4.78, 5) is 0. The highest BCUT2D eigenvalue weighted by Crippen LogP contribution is 2.18. The summed E-state index contributed by atoms with van der Waals surface area (Å²) in [7, 11) is 0. The van der Waals surface area contributed by atoms with E-state index in [4.69, 9.17) is 0 Å². The zero-order chi connectivity index (χ0) is 9.68. The van der Waals surface area contributed by atoms with Gasteiger partial charge in [-0.15, -0.1) is 0 Å². The zero-order valence-electron chi connectivity index (χ0n) is 6.78. The second-order valence-electron chi connectivity index (χ2n) is 2.34. The zero-order valence-corrected chi connectivity index (χ0v) is 9.95. The quantitative estimate of drug-likeness (QED) is 0.548. The van der Waals surface area contributed by atoms with E-state index >= 15 is 0 Å². The van der Waals surface area contributed by atoms with Crippen LogP contribution < -0.4 is 0 Å². The topological polar surface area (TPSA) is 0 Å². The Morgan fingerprint density at radius 3 is 2.77 bits per heavy atom. The van der Waals surface area contributed by atoms with Crippen LogP contribution in [-0.2, 0) is 0 Å². The molecule has 0 nitrogen and oxygen atoms in total. The van der Waals surface area contributed by atoms with E-state index in [1.54, 1.807) is 12.1 Å². The normalized spacial score (nSPS) is 9.15. The Bertz CT molecular complexity index is 329. The molecular formula is C10H7Br2F. The number of rotatable bonds is 1. The first kappa shape index (κ1) is 10.7. The maximum Gasteiger partial charge on any atom is 0.139 e. The van der Waals surface area contributed by atoms with Crippen LogP contribution in [0.4, 0.5) is 4.39 Å². The number of hydrogen-bond donors (Lipinski definition) is 0. The van der Waals surface area contributed by atoms with E-state index < -0.39 is 0 Å². The number of hydrogen-bond acceptors (Lipinski definition) is 0. The van der Waals surface area contributed by atoms with Crippen molar-refractivity contribution in [2.75, 3.05) is 5.33 Å². The third kappa shape index (κ3) is 3.13. The summed E-state index contributed by atoms with van der Waals surface area (Å²) in [6.45, 7) is 0. The lowest BCUT2D eigenvalue weighted by molar-refractivity contribution is 0.623. The van der Waals surface area contributed by atoms with Gasteiger partial charge in [-0.05, 0) is 28.1 Å². The van der Waals surface area contributed by atoms with Crippen LogP contribution in [0, 0.1) is 17.7 Å². The van der Waals surface area contributed by atoms with Crippen LogP contribution in [0.25, 0.3) is 0 Å². The molecule has 1 aromatic rings. The van der Waals surface area contributed by atoms with Crippen LogP contribution in [0.15, 0.2) is 22.7 Å². The maximum atomic E-state index is 13.1. The van der Waals surface area contributed by atoms with Crippen molar-refractivity contribution >= 4 is 31.9 Å². The molecule has 0 saturated carbocycles. The lowest BCUT2D eigenvalue weighted by atomic mass is 10.2. The average molecular weight is 306 g/mol. The van der Waals surface area contributed by atoms with Gasteiger partial charge in [0.25, 0.3) is 0 Å². The summed E-state index contributed by atoms with van der Waals surface area (Å²) in [6.07, 6.45) is 0.723. The van der Waals surface area contributed by atoms with Crippen molar-refractivity contribution in [3.63, 3.8) is 0 Å². The van der Waals surface area contributed by atoms with E-state index in [0.29, 0.717) is 10.0 Å². The van der Waals surface area contributed by atoms with Crippen molar-refractivity contribution in [3.05, 3.63) is 34.1 Å². The predicted octanol–water partition coefficient (Wildman–Crippen LogP) is 3.72. The van der Waals surface area contributed by atoms with Crippen molar-refractivity contribution in [2.45, 2.75) is 6.42 Å². The molecule has 1 rings (SSSR count). The van der Waals surface area contributed by atoms with Gasteiger partial charge in [0.1, 0.15) is 5.82 Å². The number of benzene rings is 1. The molecule has 1 aromatic carbocycles. The third-order valence-corrected chi connectivity index (χ3v) is 2.45. The molecule has 0 atom stereocenters. The second kappa shape index (κ2) is 5.41. The fourth-order valence-corrected chi connectivity index (χ4v) is 1.45. The van der Waals surface area contributed by atoms with Crippen LogP contribution in [0.1, 0.15) is 12.0 Å². The molecule has 0 aromatic heterocycles. The summed E-state index contributed by atoms with van der Waals surface area (Å²) in [5.41, 5.74) is 0.434. The molecule has 0 spiro atoms. The van der Waals surface area contributed by atoms with E-state index in [1.807, 2.05) is 0 Å². The smallest absolute Gasteiger partial charge is 0.139 e. The third-order valence-electron chi connectivity index (χ3n) is 1.40. The minimum Gasteiger partial charge on any atom is -0.206 e. The molecule has 0 bridgehead atoms. The van der Waals surface area contributed by atoms with Crippen LogP contribution >= 0.6 is 31.9 Å². The molecule has 0 amide bonds. The van der Waals surface area contributed by atoms with Crippen molar-refractivity contribution in [2.24, 2.45) is 0 Å². The Kier molecular flexibility index (Phi) is 4.47. The first-order chi connectivity index (χ1) is 6.25. The maximum absolute atomic E-state index is 13.1. The van der Waals surface area contributed by atoms with Crippen LogP contribution in [-0.4, -0.2) is 5.33 Å².